The van der Waals surface area contributed by atoms with Crippen molar-refractivity contribution in [2.24, 2.45) is 0 Å². The molecule has 0 unspecified atom stereocenters. The topological polar surface area (TPSA) is 85.2 Å². The summed E-state index contributed by atoms with van der Waals surface area (Å²) >= 11 is 0. The Balaban J connectivity index is 1.47. The summed E-state index contributed by atoms with van der Waals surface area (Å²) in [4.78, 5) is 24.9. The van der Waals surface area contributed by atoms with Crippen molar-refractivity contribution in [1.29, 1.82) is 5.26 Å². The van der Waals surface area contributed by atoms with Gasteiger partial charge in [-0.25, -0.2) is 9.97 Å². The Labute approximate surface area is 140 Å². The predicted octanol–water partition coefficient (Wildman–Crippen LogP) is 1.11. The molecule has 0 saturated carbocycles. The molecular weight excluding hydrogens is 304 g/mol. The maximum absolute atomic E-state index is 12.1. The minimum Gasteiger partial charge on any atom is -0.338 e. The monoisotopic (exact) mass is 322 g/mol. The van der Waals surface area contributed by atoms with E-state index in [9.17, 15) is 4.79 Å². The van der Waals surface area contributed by atoms with Crippen LogP contribution in [0.1, 0.15) is 5.56 Å². The number of hydrogen-bond donors (Lipinski definition) is 1. The number of nitriles is 1. The summed E-state index contributed by atoms with van der Waals surface area (Å²) in [6.07, 6.45) is 3.47. The number of carbonyl (C=O) groups excluding carboxylic acids is 1. The number of amides is 1. The van der Waals surface area contributed by atoms with Crippen molar-refractivity contribution in [1.82, 2.24) is 14.9 Å². The molecule has 0 radical (unpaired) electrons. The Kier molecular flexibility index (Phi) is 4.99. The van der Waals surface area contributed by atoms with Gasteiger partial charge in [-0.3, -0.25) is 9.69 Å². The predicted molar refractivity (Wildman–Crippen MR) is 90.5 cm³/mol. The first kappa shape index (κ1) is 15.9. The molecule has 1 saturated heterocycles. The van der Waals surface area contributed by atoms with E-state index >= 15 is 0 Å². The Hall–Kier alpha value is -2.98. The van der Waals surface area contributed by atoms with Crippen LogP contribution < -0.4 is 10.2 Å². The second-order valence-corrected chi connectivity index (χ2v) is 5.55. The Bertz CT molecular complexity index is 717. The Morgan fingerprint density at radius 2 is 1.79 bits per heavy atom. The molecular formula is C17H18N6O. The summed E-state index contributed by atoms with van der Waals surface area (Å²) in [7, 11) is 0. The number of rotatable bonds is 4. The van der Waals surface area contributed by atoms with Crippen LogP contribution >= 0.6 is 0 Å². The van der Waals surface area contributed by atoms with Crippen LogP contribution in [0.25, 0.3) is 0 Å². The van der Waals surface area contributed by atoms with E-state index in [1.165, 1.54) is 0 Å². The molecule has 1 aliphatic heterocycles. The van der Waals surface area contributed by atoms with E-state index < -0.39 is 0 Å². The third-order valence-electron chi connectivity index (χ3n) is 3.87. The van der Waals surface area contributed by atoms with Crippen LogP contribution in [0.3, 0.4) is 0 Å². The highest BCUT2D eigenvalue weighted by Crippen LogP contribution is 2.11. The van der Waals surface area contributed by atoms with E-state index in [0.717, 1.165) is 32.1 Å². The number of aromatic nitrogens is 2. The fourth-order valence-electron chi connectivity index (χ4n) is 2.59. The second kappa shape index (κ2) is 7.53. The van der Waals surface area contributed by atoms with Gasteiger partial charge in [-0.05, 0) is 30.3 Å². The highest BCUT2D eigenvalue weighted by molar-refractivity contribution is 5.92. The number of hydrogen-bond acceptors (Lipinski definition) is 6. The van der Waals surface area contributed by atoms with Crippen LogP contribution in [0.4, 0.5) is 11.6 Å². The summed E-state index contributed by atoms with van der Waals surface area (Å²) < 4.78 is 0. The van der Waals surface area contributed by atoms with Gasteiger partial charge in [0.1, 0.15) is 0 Å². The molecule has 2 aromatic rings. The van der Waals surface area contributed by atoms with Gasteiger partial charge >= 0.3 is 0 Å². The number of benzene rings is 1. The lowest BCUT2D eigenvalue weighted by Gasteiger charge is -2.34. The van der Waals surface area contributed by atoms with Crippen molar-refractivity contribution in [2.75, 3.05) is 42.9 Å². The van der Waals surface area contributed by atoms with Crippen molar-refractivity contribution in [3.8, 4) is 6.07 Å². The molecule has 1 aliphatic rings. The summed E-state index contributed by atoms with van der Waals surface area (Å²) in [6, 6.07) is 10.7. The Morgan fingerprint density at radius 3 is 2.42 bits per heavy atom. The first-order chi connectivity index (χ1) is 11.7. The van der Waals surface area contributed by atoms with Gasteiger partial charge < -0.3 is 10.2 Å². The highest BCUT2D eigenvalue weighted by Gasteiger charge is 2.20. The maximum atomic E-state index is 12.1. The van der Waals surface area contributed by atoms with Crippen molar-refractivity contribution >= 4 is 17.5 Å². The molecule has 1 N–H and O–H groups in total. The lowest BCUT2D eigenvalue weighted by Crippen LogP contribution is -2.49. The van der Waals surface area contributed by atoms with Gasteiger partial charge in [-0.2, -0.15) is 5.26 Å². The van der Waals surface area contributed by atoms with Crippen molar-refractivity contribution in [3.05, 3.63) is 48.3 Å². The number of carbonyl (C=O) groups is 1. The molecule has 0 bridgehead atoms. The van der Waals surface area contributed by atoms with E-state index in [-0.39, 0.29) is 5.91 Å². The first-order valence-corrected chi connectivity index (χ1v) is 7.79. The number of anilines is 2. The van der Waals surface area contributed by atoms with Gasteiger partial charge in [0.2, 0.25) is 11.9 Å². The van der Waals surface area contributed by atoms with E-state index in [4.69, 9.17) is 5.26 Å². The molecule has 3 rings (SSSR count). The molecule has 7 nitrogen and oxygen atoms in total. The first-order valence-electron chi connectivity index (χ1n) is 7.79. The van der Waals surface area contributed by atoms with Crippen molar-refractivity contribution in [2.45, 2.75) is 0 Å². The standard InChI is InChI=1S/C17H18N6O/c18-12-14-2-4-15(5-3-14)21-16(24)13-22-8-10-23(11-9-22)17-19-6-1-7-20-17/h1-7H,8-11,13H2,(H,21,24). The molecule has 2 heterocycles. The average molecular weight is 322 g/mol. The smallest absolute Gasteiger partial charge is 0.238 e. The third kappa shape index (κ3) is 4.06. The Morgan fingerprint density at radius 1 is 1.12 bits per heavy atom. The fourth-order valence-corrected chi connectivity index (χ4v) is 2.59. The third-order valence-corrected chi connectivity index (χ3v) is 3.87. The van der Waals surface area contributed by atoms with E-state index in [1.54, 1.807) is 42.7 Å². The molecule has 1 amide bonds. The van der Waals surface area contributed by atoms with Gasteiger partial charge in [0, 0.05) is 44.3 Å². The van der Waals surface area contributed by atoms with E-state index in [2.05, 4.69) is 31.2 Å². The zero-order valence-corrected chi connectivity index (χ0v) is 13.2. The van der Waals surface area contributed by atoms with Gasteiger partial charge in [0.15, 0.2) is 0 Å². The molecule has 1 fully saturated rings. The van der Waals surface area contributed by atoms with Gasteiger partial charge in [0.05, 0.1) is 18.2 Å². The maximum Gasteiger partial charge on any atom is 0.238 e. The fraction of sp³-hybridized carbons (Fsp3) is 0.294. The SMILES string of the molecule is N#Cc1ccc(NC(=O)CN2CCN(c3ncccn3)CC2)cc1. The largest absolute Gasteiger partial charge is 0.338 e. The number of nitrogens with one attached hydrogen (secondary N) is 1. The molecule has 1 aromatic heterocycles. The quantitative estimate of drug-likeness (QED) is 0.907. The lowest BCUT2D eigenvalue weighted by atomic mass is 10.2. The summed E-state index contributed by atoms with van der Waals surface area (Å²) in [5, 5.41) is 11.6. The normalized spacial score (nSPS) is 14.9. The van der Waals surface area contributed by atoms with E-state index in [0.29, 0.717) is 17.8 Å². The highest BCUT2D eigenvalue weighted by atomic mass is 16.2. The van der Waals surface area contributed by atoms with Gasteiger partial charge in [-0.1, -0.05) is 0 Å². The lowest BCUT2D eigenvalue weighted by molar-refractivity contribution is -0.117. The number of nitrogens with zero attached hydrogens (tertiary/aromatic N) is 5. The summed E-state index contributed by atoms with van der Waals surface area (Å²) in [6.45, 7) is 3.53. The van der Waals surface area contributed by atoms with Crippen molar-refractivity contribution in [3.63, 3.8) is 0 Å². The van der Waals surface area contributed by atoms with Gasteiger partial charge in [0.25, 0.3) is 0 Å². The van der Waals surface area contributed by atoms with Crippen LogP contribution in [0, 0.1) is 11.3 Å². The molecule has 24 heavy (non-hydrogen) atoms. The molecule has 0 aliphatic carbocycles. The summed E-state index contributed by atoms with van der Waals surface area (Å²) in [5.74, 6) is 0.684. The minimum absolute atomic E-state index is 0.0517. The zero-order valence-electron chi connectivity index (χ0n) is 13.2. The molecule has 0 atom stereocenters. The van der Waals surface area contributed by atoms with Gasteiger partial charge in [-0.15, -0.1) is 0 Å². The minimum atomic E-state index is -0.0517. The molecule has 1 aromatic carbocycles. The molecule has 122 valence electrons. The van der Waals surface area contributed by atoms with Crippen LogP contribution in [0.15, 0.2) is 42.7 Å². The number of piperazine rings is 1. The van der Waals surface area contributed by atoms with E-state index in [1.807, 2.05) is 0 Å². The molecule has 7 heteroatoms. The molecule has 0 spiro atoms. The van der Waals surface area contributed by atoms with Crippen LogP contribution in [-0.2, 0) is 4.79 Å². The second-order valence-electron chi connectivity index (χ2n) is 5.55. The van der Waals surface area contributed by atoms with Crippen molar-refractivity contribution < 1.29 is 4.79 Å². The zero-order chi connectivity index (χ0) is 16.8. The average Bonchev–Trinajstić information content (AvgIpc) is 2.64. The van der Waals surface area contributed by atoms with Crippen LogP contribution in [0.5, 0.6) is 0 Å². The summed E-state index contributed by atoms with van der Waals surface area (Å²) in [5.41, 5.74) is 1.28. The van der Waals surface area contributed by atoms with Crippen LogP contribution in [-0.4, -0.2) is 53.5 Å². The van der Waals surface area contributed by atoms with Crippen LogP contribution in [0.2, 0.25) is 0 Å².